The van der Waals surface area contributed by atoms with Gasteiger partial charge in [0.25, 0.3) is 0 Å². The second kappa shape index (κ2) is 10.2. The van der Waals surface area contributed by atoms with E-state index in [1.807, 2.05) is 24.3 Å². The molecule has 0 aliphatic rings. The van der Waals surface area contributed by atoms with Gasteiger partial charge in [-0.15, -0.1) is 24.0 Å². The highest BCUT2D eigenvalue weighted by atomic mass is 127. The summed E-state index contributed by atoms with van der Waals surface area (Å²) < 4.78 is 11.2. The second-order valence-corrected chi connectivity index (χ2v) is 5.46. The molecule has 0 aliphatic heterocycles. The van der Waals surface area contributed by atoms with Crippen LogP contribution in [0.25, 0.3) is 0 Å². The Morgan fingerprint density at radius 1 is 1.37 bits per heavy atom. The first kappa shape index (κ1) is 18.4. The van der Waals surface area contributed by atoms with Gasteiger partial charge in [-0.3, -0.25) is 4.21 Å². The summed E-state index contributed by atoms with van der Waals surface area (Å²) in [7, 11) is -0.928. The van der Waals surface area contributed by atoms with E-state index in [0.29, 0.717) is 12.5 Å². The molecule has 0 radical (unpaired) electrons. The molecule has 0 spiro atoms. The first-order valence-corrected chi connectivity index (χ1v) is 7.65. The van der Waals surface area contributed by atoms with E-state index in [-0.39, 0.29) is 24.0 Å². The van der Waals surface area contributed by atoms with E-state index in [9.17, 15) is 4.21 Å². The predicted octanol–water partition coefficient (Wildman–Crippen LogP) is 2.25. The van der Waals surface area contributed by atoms with Crippen molar-refractivity contribution in [3.63, 3.8) is 0 Å². The molecule has 0 aliphatic carbocycles. The molecule has 19 heavy (non-hydrogen) atoms. The molecule has 0 fully saturated rings. The third kappa shape index (κ3) is 7.51. The van der Waals surface area contributed by atoms with Crippen molar-refractivity contribution in [1.29, 1.82) is 0 Å². The van der Waals surface area contributed by atoms with E-state index >= 15 is 0 Å². The van der Waals surface area contributed by atoms with E-state index in [4.69, 9.17) is 5.73 Å². The smallest absolute Gasteiger partial charge is 0.188 e. The first-order valence-electron chi connectivity index (χ1n) is 6.09. The highest BCUT2D eigenvalue weighted by Crippen LogP contribution is 2.08. The molecule has 0 bridgehead atoms. The SMILES string of the molecule is CCCCNC(N)=NCc1ccc(S(C)=O)cc1.I. The van der Waals surface area contributed by atoms with Gasteiger partial charge in [0.1, 0.15) is 0 Å². The van der Waals surface area contributed by atoms with Crippen molar-refractivity contribution in [2.45, 2.75) is 31.2 Å². The van der Waals surface area contributed by atoms with Gasteiger partial charge in [0.2, 0.25) is 0 Å². The van der Waals surface area contributed by atoms with Crippen LogP contribution in [0.4, 0.5) is 0 Å². The lowest BCUT2D eigenvalue weighted by Crippen LogP contribution is -2.32. The number of halogens is 1. The summed E-state index contributed by atoms with van der Waals surface area (Å²) in [5.41, 5.74) is 6.79. The van der Waals surface area contributed by atoms with Gasteiger partial charge in [-0.2, -0.15) is 0 Å². The third-order valence-corrected chi connectivity index (χ3v) is 3.46. The van der Waals surface area contributed by atoms with Crippen LogP contribution in [0.1, 0.15) is 25.3 Å². The van der Waals surface area contributed by atoms with Gasteiger partial charge in [0.05, 0.1) is 6.54 Å². The van der Waals surface area contributed by atoms with Crippen LogP contribution in [-0.4, -0.2) is 23.0 Å². The lowest BCUT2D eigenvalue weighted by molar-refractivity contribution is 0.687. The minimum atomic E-state index is -0.928. The Kier molecular flexibility index (Phi) is 9.85. The Bertz CT molecular complexity index is 420. The summed E-state index contributed by atoms with van der Waals surface area (Å²) in [6.45, 7) is 3.54. The number of rotatable bonds is 6. The monoisotopic (exact) mass is 395 g/mol. The zero-order valence-electron chi connectivity index (χ0n) is 11.4. The number of unbranched alkanes of at least 4 members (excludes halogenated alkanes) is 1. The van der Waals surface area contributed by atoms with Crippen LogP contribution >= 0.6 is 24.0 Å². The normalized spacial score (nSPS) is 12.6. The van der Waals surface area contributed by atoms with E-state index in [1.165, 1.54) is 0 Å². The van der Waals surface area contributed by atoms with Crippen LogP contribution in [0.3, 0.4) is 0 Å². The largest absolute Gasteiger partial charge is 0.370 e. The number of benzene rings is 1. The zero-order valence-corrected chi connectivity index (χ0v) is 14.5. The summed E-state index contributed by atoms with van der Waals surface area (Å²) in [6.07, 6.45) is 3.89. The van der Waals surface area contributed by atoms with Crippen molar-refractivity contribution >= 4 is 40.7 Å². The first-order chi connectivity index (χ1) is 8.63. The minimum Gasteiger partial charge on any atom is -0.370 e. The summed E-state index contributed by atoms with van der Waals surface area (Å²) in [6, 6.07) is 7.59. The fourth-order valence-electron chi connectivity index (χ4n) is 1.41. The average molecular weight is 395 g/mol. The molecule has 4 nitrogen and oxygen atoms in total. The van der Waals surface area contributed by atoms with Gasteiger partial charge in [0.15, 0.2) is 5.96 Å². The van der Waals surface area contributed by atoms with Crippen molar-refractivity contribution < 1.29 is 4.21 Å². The number of nitrogens with two attached hydrogens (primary N) is 1. The molecule has 0 amide bonds. The van der Waals surface area contributed by atoms with E-state index < -0.39 is 10.8 Å². The molecule has 1 aromatic carbocycles. The molecule has 0 saturated carbocycles. The van der Waals surface area contributed by atoms with Gasteiger partial charge in [-0.1, -0.05) is 25.5 Å². The minimum absolute atomic E-state index is 0. The zero-order chi connectivity index (χ0) is 13.4. The number of nitrogens with one attached hydrogen (secondary N) is 1. The number of guanidine groups is 1. The Morgan fingerprint density at radius 2 is 2.00 bits per heavy atom. The molecule has 1 aromatic rings. The molecular formula is C13H22IN3OS. The van der Waals surface area contributed by atoms with Gasteiger partial charge in [-0.25, -0.2) is 4.99 Å². The van der Waals surface area contributed by atoms with Crippen molar-refractivity contribution in [3.8, 4) is 0 Å². The fourth-order valence-corrected chi connectivity index (χ4v) is 1.93. The number of hydrogen-bond acceptors (Lipinski definition) is 2. The summed E-state index contributed by atoms with van der Waals surface area (Å²) in [5.74, 6) is 0.478. The van der Waals surface area contributed by atoms with Crippen molar-refractivity contribution in [1.82, 2.24) is 5.32 Å². The Hall–Kier alpha value is -0.630. The van der Waals surface area contributed by atoms with Crippen molar-refractivity contribution in [2.75, 3.05) is 12.8 Å². The highest BCUT2D eigenvalue weighted by molar-refractivity contribution is 14.0. The van der Waals surface area contributed by atoms with Crippen LogP contribution in [0.5, 0.6) is 0 Å². The number of hydrogen-bond donors (Lipinski definition) is 2. The fraction of sp³-hybridized carbons (Fsp3) is 0.462. The Labute approximate surface area is 134 Å². The van der Waals surface area contributed by atoms with Crippen LogP contribution in [-0.2, 0) is 17.3 Å². The van der Waals surface area contributed by atoms with Crippen molar-refractivity contribution in [3.05, 3.63) is 29.8 Å². The maximum absolute atomic E-state index is 11.2. The van der Waals surface area contributed by atoms with E-state index in [0.717, 1.165) is 29.8 Å². The van der Waals surface area contributed by atoms with Crippen molar-refractivity contribution in [2.24, 2.45) is 10.7 Å². The second-order valence-electron chi connectivity index (χ2n) is 4.08. The molecular weight excluding hydrogens is 373 g/mol. The summed E-state index contributed by atoms with van der Waals surface area (Å²) in [4.78, 5) is 5.08. The Balaban J connectivity index is 0.00000324. The molecule has 0 saturated heterocycles. The number of nitrogens with zero attached hydrogens (tertiary/aromatic N) is 1. The van der Waals surface area contributed by atoms with Gasteiger partial charge < -0.3 is 11.1 Å². The maximum atomic E-state index is 11.2. The summed E-state index contributed by atoms with van der Waals surface area (Å²) in [5, 5.41) is 3.06. The molecule has 108 valence electrons. The Morgan fingerprint density at radius 3 is 2.53 bits per heavy atom. The van der Waals surface area contributed by atoms with E-state index in [1.54, 1.807) is 6.26 Å². The number of aliphatic imine (C=N–C) groups is 1. The lowest BCUT2D eigenvalue weighted by atomic mass is 10.2. The lowest BCUT2D eigenvalue weighted by Gasteiger charge is -2.04. The molecule has 6 heteroatoms. The van der Waals surface area contributed by atoms with Crippen LogP contribution in [0.2, 0.25) is 0 Å². The van der Waals surface area contributed by atoms with E-state index in [2.05, 4.69) is 17.2 Å². The van der Waals surface area contributed by atoms with Crippen LogP contribution < -0.4 is 11.1 Å². The standard InChI is InChI=1S/C13H21N3OS.HI/c1-3-4-9-15-13(14)16-10-11-5-7-12(8-6-11)18(2)17;/h5-8H,3-4,9-10H2,1-2H3,(H3,14,15,16);1H. The summed E-state index contributed by atoms with van der Waals surface area (Å²) >= 11 is 0. The topological polar surface area (TPSA) is 67.5 Å². The molecule has 1 rings (SSSR count). The van der Waals surface area contributed by atoms with Gasteiger partial charge >= 0.3 is 0 Å². The van der Waals surface area contributed by atoms with Crippen LogP contribution in [0, 0.1) is 0 Å². The molecule has 3 N–H and O–H groups in total. The average Bonchev–Trinajstić information content (AvgIpc) is 2.37. The van der Waals surface area contributed by atoms with Gasteiger partial charge in [-0.05, 0) is 24.1 Å². The molecule has 0 aromatic heterocycles. The molecule has 1 unspecified atom stereocenters. The molecule has 1 atom stereocenters. The quantitative estimate of drug-likeness (QED) is 0.336. The molecule has 0 heterocycles. The highest BCUT2D eigenvalue weighted by Gasteiger charge is 1.97. The van der Waals surface area contributed by atoms with Gasteiger partial charge in [0, 0.05) is 28.5 Å². The third-order valence-electron chi connectivity index (χ3n) is 2.52. The van der Waals surface area contributed by atoms with Crippen LogP contribution in [0.15, 0.2) is 34.2 Å². The maximum Gasteiger partial charge on any atom is 0.188 e. The predicted molar refractivity (Wildman–Crippen MR) is 92.4 cm³/mol.